The van der Waals surface area contributed by atoms with Gasteiger partial charge in [0, 0.05) is 19.6 Å². The SMILES string of the molecule is [CH2]CCN(CCCCN(Cc1ccc(OCc2ccccc2)c(OCc2ccccc2)c1)Cc1ccc(OCc2ccccc2)c(OCc2ccccc2)c1)Cc1ccc(OCc2ccccc2)c(OCc2ccccc2)c1. The maximum Gasteiger partial charge on any atom is 0.162 e. The molecule has 0 aliphatic carbocycles. The second kappa shape index (κ2) is 29.9. The first kappa shape index (κ1) is 54.5. The van der Waals surface area contributed by atoms with Crippen LogP contribution in [0.25, 0.3) is 0 Å². The Labute approximate surface area is 462 Å². The summed E-state index contributed by atoms with van der Waals surface area (Å²) in [7, 11) is 0. The van der Waals surface area contributed by atoms with Crippen molar-refractivity contribution in [3.05, 3.63) is 294 Å². The minimum atomic E-state index is 0.429. The summed E-state index contributed by atoms with van der Waals surface area (Å²) in [6, 6.07) is 80.7. The molecule has 0 aliphatic rings. The number of hydrogen-bond donors (Lipinski definition) is 0. The van der Waals surface area contributed by atoms with Crippen molar-refractivity contribution in [2.24, 2.45) is 0 Å². The van der Waals surface area contributed by atoms with E-state index in [-0.39, 0.29) is 0 Å². The quantitative estimate of drug-likeness (QED) is 0.0399. The number of unbranched alkanes of at least 4 members (excludes halogenated alkanes) is 1. The highest BCUT2D eigenvalue weighted by Crippen LogP contribution is 2.34. The van der Waals surface area contributed by atoms with Gasteiger partial charge in [-0.15, -0.1) is 0 Å². The van der Waals surface area contributed by atoms with Crippen LogP contribution < -0.4 is 28.4 Å². The Morgan fingerprint density at radius 2 is 0.487 bits per heavy atom. The van der Waals surface area contributed by atoms with Crippen molar-refractivity contribution in [2.45, 2.75) is 78.5 Å². The van der Waals surface area contributed by atoms with E-state index in [1.54, 1.807) is 0 Å². The molecule has 0 heterocycles. The Morgan fingerprint density at radius 1 is 0.244 bits per heavy atom. The molecule has 397 valence electrons. The highest BCUT2D eigenvalue weighted by atomic mass is 16.5. The van der Waals surface area contributed by atoms with Gasteiger partial charge in [0.05, 0.1) is 0 Å². The van der Waals surface area contributed by atoms with E-state index < -0.39 is 0 Å². The molecule has 0 atom stereocenters. The highest BCUT2D eigenvalue weighted by Gasteiger charge is 2.17. The Balaban J connectivity index is 0.927. The number of ether oxygens (including phenoxy) is 6. The molecule has 0 saturated carbocycles. The lowest BCUT2D eigenvalue weighted by molar-refractivity contribution is 0.225. The zero-order valence-corrected chi connectivity index (χ0v) is 44.7. The fraction of sp³-hybridized carbons (Fsp3) is 0.214. The molecule has 0 amide bonds. The summed E-state index contributed by atoms with van der Waals surface area (Å²) < 4.78 is 38.9. The minimum absolute atomic E-state index is 0.429. The largest absolute Gasteiger partial charge is 0.485 e. The molecule has 0 saturated heterocycles. The van der Waals surface area contributed by atoms with Gasteiger partial charge in [-0.1, -0.05) is 207 Å². The molecule has 0 aliphatic heterocycles. The van der Waals surface area contributed by atoms with Gasteiger partial charge >= 0.3 is 0 Å². The molecule has 0 aromatic heterocycles. The smallest absolute Gasteiger partial charge is 0.162 e. The predicted octanol–water partition coefficient (Wildman–Crippen LogP) is 15.7. The van der Waals surface area contributed by atoms with Gasteiger partial charge in [0.15, 0.2) is 34.5 Å². The minimum Gasteiger partial charge on any atom is -0.485 e. The molecule has 0 fully saturated rings. The van der Waals surface area contributed by atoms with E-state index in [9.17, 15) is 0 Å². The fourth-order valence-corrected chi connectivity index (χ4v) is 9.21. The van der Waals surface area contributed by atoms with Crippen LogP contribution in [0, 0.1) is 6.92 Å². The second-order valence-corrected chi connectivity index (χ2v) is 19.5. The van der Waals surface area contributed by atoms with Crippen molar-refractivity contribution in [2.75, 3.05) is 19.6 Å². The monoisotopic (exact) mass is 1040 g/mol. The summed E-state index contributed by atoms with van der Waals surface area (Å²) in [6.07, 6.45) is 2.79. The second-order valence-electron chi connectivity index (χ2n) is 19.5. The van der Waals surface area contributed by atoms with Gasteiger partial charge in [-0.2, -0.15) is 0 Å². The van der Waals surface area contributed by atoms with Gasteiger partial charge in [-0.05, 0) is 125 Å². The molecule has 8 heteroatoms. The van der Waals surface area contributed by atoms with Crippen LogP contribution in [0.1, 0.15) is 69.3 Å². The van der Waals surface area contributed by atoms with Gasteiger partial charge in [0.25, 0.3) is 0 Å². The molecule has 0 N–H and O–H groups in total. The third kappa shape index (κ3) is 17.6. The van der Waals surface area contributed by atoms with Crippen LogP contribution >= 0.6 is 0 Å². The highest BCUT2D eigenvalue weighted by molar-refractivity contribution is 5.46. The molecule has 9 rings (SSSR count). The first-order chi connectivity index (χ1) is 38.6. The Morgan fingerprint density at radius 3 is 0.756 bits per heavy atom. The molecule has 8 nitrogen and oxygen atoms in total. The van der Waals surface area contributed by atoms with Crippen LogP contribution in [-0.4, -0.2) is 29.4 Å². The van der Waals surface area contributed by atoms with Gasteiger partial charge in [0.2, 0.25) is 0 Å². The standard InChI is InChI=1S/C70H71N2O6/c1-2-41-71(47-62-35-38-65(73-50-56-23-9-3-10-24-56)68(44-62)76-53-59-29-15-6-16-30-59)42-21-22-43-72(48-63-36-39-66(74-51-57-25-11-4-12-26-57)69(45-63)77-54-60-31-17-7-18-32-60)49-64-37-40-67(75-52-58-27-13-5-14-28-58)70(46-64)78-55-61-33-19-8-20-34-61/h3-20,23-40,44-46H,1-2,21-22,41-43,47-55H2. The van der Waals surface area contributed by atoms with Crippen LogP contribution in [0.5, 0.6) is 34.5 Å². The lowest BCUT2D eigenvalue weighted by atomic mass is 10.1. The van der Waals surface area contributed by atoms with Crippen LogP contribution in [0.3, 0.4) is 0 Å². The maximum atomic E-state index is 6.57. The number of benzene rings is 9. The number of rotatable bonds is 31. The summed E-state index contributed by atoms with van der Waals surface area (Å²) in [6.45, 7) is 11.8. The van der Waals surface area contributed by atoms with E-state index >= 15 is 0 Å². The van der Waals surface area contributed by atoms with Crippen molar-refractivity contribution < 1.29 is 28.4 Å². The Kier molecular flexibility index (Phi) is 20.9. The molecule has 0 unspecified atom stereocenters. The number of hydrogen-bond acceptors (Lipinski definition) is 8. The summed E-state index contributed by atoms with van der Waals surface area (Å²) in [4.78, 5) is 5.03. The van der Waals surface area contributed by atoms with Crippen molar-refractivity contribution in [1.82, 2.24) is 9.80 Å². The molecule has 9 aromatic rings. The molecule has 0 bridgehead atoms. The Bertz CT molecular complexity index is 2990. The third-order valence-electron chi connectivity index (χ3n) is 13.3. The average Bonchev–Trinajstić information content (AvgIpc) is 3.50. The van der Waals surface area contributed by atoms with Gasteiger partial charge in [-0.25, -0.2) is 0 Å². The zero-order chi connectivity index (χ0) is 53.2. The third-order valence-corrected chi connectivity index (χ3v) is 13.3. The summed E-state index contributed by atoms with van der Waals surface area (Å²) in [5.41, 5.74) is 10.0. The lowest BCUT2D eigenvalue weighted by Gasteiger charge is -2.26. The normalized spacial score (nSPS) is 11.1. The van der Waals surface area contributed by atoms with E-state index in [0.29, 0.717) is 64.2 Å². The summed E-state index contributed by atoms with van der Waals surface area (Å²) in [5, 5.41) is 0. The first-order valence-electron chi connectivity index (χ1n) is 27.2. The van der Waals surface area contributed by atoms with Gasteiger partial charge in [-0.3, -0.25) is 9.80 Å². The van der Waals surface area contributed by atoms with Crippen LogP contribution in [0.2, 0.25) is 0 Å². The van der Waals surface area contributed by atoms with Crippen LogP contribution in [0.15, 0.2) is 237 Å². The molecular formula is C70H71N2O6. The topological polar surface area (TPSA) is 61.9 Å². The molecular weight excluding hydrogens is 965 g/mol. The summed E-state index contributed by atoms with van der Waals surface area (Å²) >= 11 is 0. The van der Waals surface area contributed by atoms with Gasteiger partial charge in [0.1, 0.15) is 39.6 Å². The van der Waals surface area contributed by atoms with Crippen molar-refractivity contribution in [1.29, 1.82) is 0 Å². The Hall–Kier alpha value is -8.30. The predicted molar refractivity (Wildman–Crippen MR) is 313 cm³/mol. The van der Waals surface area contributed by atoms with Crippen LogP contribution in [0.4, 0.5) is 0 Å². The van der Waals surface area contributed by atoms with Crippen molar-refractivity contribution >= 4 is 0 Å². The maximum absolute atomic E-state index is 6.57. The van der Waals surface area contributed by atoms with Crippen LogP contribution in [-0.2, 0) is 59.3 Å². The summed E-state index contributed by atoms with van der Waals surface area (Å²) in [5.74, 6) is 4.34. The number of nitrogens with zero attached hydrogens (tertiary/aromatic N) is 2. The van der Waals surface area contributed by atoms with Crippen molar-refractivity contribution in [3.8, 4) is 34.5 Å². The fourth-order valence-electron chi connectivity index (χ4n) is 9.21. The average molecular weight is 1040 g/mol. The molecule has 9 aromatic carbocycles. The first-order valence-corrected chi connectivity index (χ1v) is 27.2. The van der Waals surface area contributed by atoms with Gasteiger partial charge < -0.3 is 28.4 Å². The lowest BCUT2D eigenvalue weighted by Crippen LogP contribution is -2.28. The molecule has 78 heavy (non-hydrogen) atoms. The van der Waals surface area contributed by atoms with Crippen molar-refractivity contribution in [3.63, 3.8) is 0 Å². The van der Waals surface area contributed by atoms with E-state index in [1.807, 2.05) is 109 Å². The zero-order valence-electron chi connectivity index (χ0n) is 44.7. The molecule has 1 radical (unpaired) electrons. The van der Waals surface area contributed by atoms with E-state index in [4.69, 9.17) is 28.4 Å². The van der Waals surface area contributed by atoms with E-state index in [1.165, 1.54) is 5.56 Å². The molecule has 0 spiro atoms. The van der Waals surface area contributed by atoms with E-state index in [0.717, 1.165) is 113 Å². The van der Waals surface area contributed by atoms with E-state index in [2.05, 4.69) is 144 Å².